The lowest BCUT2D eigenvalue weighted by atomic mass is 10.1. The van der Waals surface area contributed by atoms with Gasteiger partial charge in [0.25, 0.3) is 0 Å². The Morgan fingerprint density at radius 3 is 2.44 bits per heavy atom. The molecular formula is C17H18BrFN2O3S. The van der Waals surface area contributed by atoms with Gasteiger partial charge in [0, 0.05) is 22.6 Å². The second-order valence-corrected chi connectivity index (χ2v) is 8.04. The molecule has 0 aliphatic carbocycles. The van der Waals surface area contributed by atoms with Gasteiger partial charge in [-0.2, -0.15) is 0 Å². The number of rotatable bonds is 6. The van der Waals surface area contributed by atoms with Crippen molar-refractivity contribution in [1.82, 2.24) is 4.72 Å². The molecule has 0 bridgehead atoms. The molecule has 1 unspecified atom stereocenters. The van der Waals surface area contributed by atoms with Crippen LogP contribution in [0.1, 0.15) is 31.9 Å². The molecule has 1 atom stereocenters. The Morgan fingerprint density at radius 1 is 1.20 bits per heavy atom. The second-order valence-electron chi connectivity index (χ2n) is 5.44. The van der Waals surface area contributed by atoms with Crippen LogP contribution in [-0.4, -0.2) is 14.3 Å². The fourth-order valence-corrected chi connectivity index (χ4v) is 4.00. The van der Waals surface area contributed by atoms with E-state index in [2.05, 4.69) is 26.0 Å². The summed E-state index contributed by atoms with van der Waals surface area (Å²) >= 11 is 3.14. The fraction of sp³-hybridized carbons (Fsp3) is 0.235. The van der Waals surface area contributed by atoms with E-state index in [9.17, 15) is 17.6 Å². The Hall–Kier alpha value is -1.77. The largest absolute Gasteiger partial charge is 0.326 e. The van der Waals surface area contributed by atoms with Crippen molar-refractivity contribution >= 4 is 37.5 Å². The Labute approximate surface area is 154 Å². The summed E-state index contributed by atoms with van der Waals surface area (Å²) in [6.07, 6.45) is 0.371. The number of nitrogens with one attached hydrogen (secondary N) is 2. The third-order valence-corrected chi connectivity index (χ3v) is 5.58. The summed E-state index contributed by atoms with van der Waals surface area (Å²) in [5, 5.41) is 2.71. The van der Waals surface area contributed by atoms with E-state index in [1.54, 1.807) is 38.1 Å². The minimum atomic E-state index is -4.02. The summed E-state index contributed by atoms with van der Waals surface area (Å²) < 4.78 is 41.6. The van der Waals surface area contributed by atoms with E-state index in [-0.39, 0.29) is 5.91 Å². The summed E-state index contributed by atoms with van der Waals surface area (Å²) in [6.45, 7) is 3.41. The number of amides is 1. The van der Waals surface area contributed by atoms with Crippen molar-refractivity contribution in [2.24, 2.45) is 0 Å². The van der Waals surface area contributed by atoms with Crippen LogP contribution >= 0.6 is 15.9 Å². The number of benzene rings is 2. The van der Waals surface area contributed by atoms with Gasteiger partial charge in [0.2, 0.25) is 15.9 Å². The number of halogens is 2. The predicted octanol–water partition coefficient (Wildman–Crippen LogP) is 3.98. The second kappa shape index (κ2) is 8.07. The molecule has 8 heteroatoms. The molecule has 0 saturated heterocycles. The summed E-state index contributed by atoms with van der Waals surface area (Å²) in [6, 6.07) is 9.95. The highest BCUT2D eigenvalue weighted by molar-refractivity contribution is 9.10. The Bertz CT molecular complexity index is 870. The Kier molecular flexibility index (Phi) is 6.31. The van der Waals surface area contributed by atoms with Crippen LogP contribution in [0.5, 0.6) is 0 Å². The molecule has 5 nitrogen and oxygen atoms in total. The molecule has 0 spiro atoms. The highest BCUT2D eigenvalue weighted by atomic mass is 79.9. The fourth-order valence-electron chi connectivity index (χ4n) is 2.15. The van der Waals surface area contributed by atoms with Crippen molar-refractivity contribution in [3.63, 3.8) is 0 Å². The van der Waals surface area contributed by atoms with Crippen molar-refractivity contribution in [3.05, 3.63) is 58.3 Å². The first-order valence-electron chi connectivity index (χ1n) is 7.60. The third-order valence-electron chi connectivity index (χ3n) is 3.53. The van der Waals surface area contributed by atoms with E-state index in [1.165, 1.54) is 12.1 Å². The number of hydrogen-bond donors (Lipinski definition) is 2. The first-order chi connectivity index (χ1) is 11.7. The molecule has 2 rings (SSSR count). The van der Waals surface area contributed by atoms with Crippen LogP contribution < -0.4 is 10.0 Å². The van der Waals surface area contributed by atoms with Crippen molar-refractivity contribution < 1.29 is 17.6 Å². The summed E-state index contributed by atoms with van der Waals surface area (Å²) in [5.74, 6) is -0.924. The van der Waals surface area contributed by atoms with Gasteiger partial charge in [0.05, 0.1) is 0 Å². The number of carbonyl (C=O) groups is 1. The van der Waals surface area contributed by atoms with Gasteiger partial charge < -0.3 is 5.32 Å². The maximum atomic E-state index is 13.8. The van der Waals surface area contributed by atoms with E-state index >= 15 is 0 Å². The monoisotopic (exact) mass is 428 g/mol. The lowest BCUT2D eigenvalue weighted by molar-refractivity contribution is -0.115. The minimum absolute atomic E-state index is 0.105. The van der Waals surface area contributed by atoms with Crippen LogP contribution in [0.4, 0.5) is 10.1 Å². The van der Waals surface area contributed by atoms with Crippen molar-refractivity contribution in [2.75, 3.05) is 5.32 Å². The normalized spacial score (nSPS) is 12.6. The number of anilines is 1. The zero-order valence-corrected chi connectivity index (χ0v) is 16.1. The van der Waals surface area contributed by atoms with E-state index in [0.717, 1.165) is 6.07 Å². The van der Waals surface area contributed by atoms with Gasteiger partial charge in [-0.05, 0) is 42.8 Å². The molecule has 25 heavy (non-hydrogen) atoms. The predicted molar refractivity (Wildman–Crippen MR) is 98.2 cm³/mol. The van der Waals surface area contributed by atoms with Crippen LogP contribution in [0.15, 0.2) is 51.8 Å². The highest BCUT2D eigenvalue weighted by Crippen LogP contribution is 2.23. The van der Waals surface area contributed by atoms with Crippen molar-refractivity contribution in [1.29, 1.82) is 0 Å². The SMILES string of the molecule is CCC(=O)Nc1ccc(C(C)NS(=O)(=O)c2cc(Br)ccc2F)cc1. The maximum Gasteiger partial charge on any atom is 0.244 e. The molecule has 2 aromatic rings. The molecule has 2 N–H and O–H groups in total. The number of hydrogen-bond acceptors (Lipinski definition) is 3. The molecule has 134 valence electrons. The zero-order chi connectivity index (χ0) is 18.6. The lowest BCUT2D eigenvalue weighted by Crippen LogP contribution is -2.27. The summed E-state index contributed by atoms with van der Waals surface area (Å²) in [7, 11) is -4.02. The summed E-state index contributed by atoms with van der Waals surface area (Å²) in [4.78, 5) is 10.9. The average Bonchev–Trinajstić information content (AvgIpc) is 2.57. The zero-order valence-electron chi connectivity index (χ0n) is 13.7. The van der Waals surface area contributed by atoms with E-state index < -0.39 is 26.8 Å². The molecule has 2 aromatic carbocycles. The van der Waals surface area contributed by atoms with Crippen LogP contribution in [0, 0.1) is 5.82 Å². The van der Waals surface area contributed by atoms with Crippen LogP contribution in [0.25, 0.3) is 0 Å². The standard InChI is InChI=1S/C17H18BrFN2O3S/c1-3-17(22)20-14-7-4-12(5-8-14)11(2)21-25(23,24)16-10-13(18)6-9-15(16)19/h4-11,21H,3H2,1-2H3,(H,20,22). The number of carbonyl (C=O) groups excluding carboxylic acids is 1. The first-order valence-corrected chi connectivity index (χ1v) is 9.87. The van der Waals surface area contributed by atoms with Gasteiger partial charge in [0.1, 0.15) is 10.7 Å². The molecule has 0 heterocycles. The quantitative estimate of drug-likeness (QED) is 0.730. The Balaban J connectivity index is 2.16. The molecule has 0 aliphatic heterocycles. The van der Waals surface area contributed by atoms with Gasteiger partial charge in [0.15, 0.2) is 0 Å². The van der Waals surface area contributed by atoms with Gasteiger partial charge in [-0.3, -0.25) is 4.79 Å². The third kappa shape index (κ3) is 5.10. The van der Waals surface area contributed by atoms with Crippen LogP contribution in [0.2, 0.25) is 0 Å². The molecular weight excluding hydrogens is 411 g/mol. The van der Waals surface area contributed by atoms with Gasteiger partial charge >= 0.3 is 0 Å². The van der Waals surface area contributed by atoms with E-state index in [0.29, 0.717) is 22.1 Å². The van der Waals surface area contributed by atoms with Gasteiger partial charge in [-0.1, -0.05) is 35.0 Å². The molecule has 0 saturated carbocycles. The van der Waals surface area contributed by atoms with Crippen LogP contribution in [0.3, 0.4) is 0 Å². The Morgan fingerprint density at radius 2 is 1.84 bits per heavy atom. The lowest BCUT2D eigenvalue weighted by Gasteiger charge is -2.16. The molecule has 0 fully saturated rings. The van der Waals surface area contributed by atoms with Crippen molar-refractivity contribution in [3.8, 4) is 0 Å². The maximum absolute atomic E-state index is 13.8. The van der Waals surface area contributed by atoms with E-state index in [4.69, 9.17) is 0 Å². The van der Waals surface area contributed by atoms with Crippen LogP contribution in [-0.2, 0) is 14.8 Å². The molecule has 0 aromatic heterocycles. The topological polar surface area (TPSA) is 75.3 Å². The highest BCUT2D eigenvalue weighted by Gasteiger charge is 2.22. The number of sulfonamides is 1. The average molecular weight is 429 g/mol. The minimum Gasteiger partial charge on any atom is -0.326 e. The van der Waals surface area contributed by atoms with E-state index in [1.807, 2.05) is 0 Å². The summed E-state index contributed by atoms with van der Waals surface area (Å²) in [5.41, 5.74) is 1.32. The molecule has 1 amide bonds. The van der Waals surface area contributed by atoms with Gasteiger partial charge in [-0.25, -0.2) is 17.5 Å². The molecule has 0 radical (unpaired) electrons. The van der Waals surface area contributed by atoms with Crippen molar-refractivity contribution in [2.45, 2.75) is 31.2 Å². The smallest absolute Gasteiger partial charge is 0.244 e. The molecule has 0 aliphatic rings. The first kappa shape index (κ1) is 19.6. The van der Waals surface area contributed by atoms with Gasteiger partial charge in [-0.15, -0.1) is 0 Å².